The molecule has 3 nitrogen and oxygen atoms in total. The first kappa shape index (κ1) is 17.0. The first-order chi connectivity index (χ1) is 11.3. The molecule has 0 N–H and O–H groups in total. The van der Waals surface area contributed by atoms with Crippen LogP contribution in [-0.4, -0.2) is 27.5 Å². The molecule has 24 heavy (non-hydrogen) atoms. The van der Waals surface area contributed by atoms with Crippen LogP contribution in [0.3, 0.4) is 0 Å². The molecule has 0 bridgehead atoms. The van der Waals surface area contributed by atoms with Gasteiger partial charge in [0.05, 0.1) is 0 Å². The number of rotatable bonds is 5. The van der Waals surface area contributed by atoms with Crippen molar-refractivity contribution in [3.8, 4) is 11.4 Å². The van der Waals surface area contributed by atoms with Crippen LogP contribution < -0.4 is 0 Å². The third-order valence-electron chi connectivity index (χ3n) is 4.39. The summed E-state index contributed by atoms with van der Waals surface area (Å²) in [7, 11) is 2.10. The summed E-state index contributed by atoms with van der Waals surface area (Å²) in [5, 5.41) is 0. The molecule has 0 unspecified atom stereocenters. The Morgan fingerprint density at radius 2 is 1.83 bits per heavy atom. The van der Waals surface area contributed by atoms with Crippen molar-refractivity contribution in [3.63, 3.8) is 0 Å². The largest absolute Gasteiger partial charge is 0.434 e. The molecular weight excluding hydrogens is 315 g/mol. The first-order valence-corrected chi connectivity index (χ1v) is 8.21. The second kappa shape index (κ2) is 6.24. The fourth-order valence-electron chi connectivity index (χ4n) is 2.83. The number of halogens is 3. The molecule has 0 saturated heterocycles. The van der Waals surface area contributed by atoms with E-state index < -0.39 is 11.9 Å². The third kappa shape index (κ3) is 3.64. The van der Waals surface area contributed by atoms with Crippen LogP contribution in [0.25, 0.3) is 11.4 Å². The van der Waals surface area contributed by atoms with E-state index in [1.807, 2.05) is 38.1 Å². The van der Waals surface area contributed by atoms with Gasteiger partial charge in [-0.2, -0.15) is 13.2 Å². The molecule has 1 heterocycles. The molecule has 130 valence electrons. The standard InChI is InChI=1S/C18H22F3N3/c1-12(2)24-11-16(18(19,20)21)22-17(24)14-6-4-13(5-7-14)10-23(3)15-8-9-15/h4-7,11-12,15H,8-10H2,1-3H3. The van der Waals surface area contributed by atoms with E-state index >= 15 is 0 Å². The molecule has 0 amide bonds. The molecule has 3 rings (SSSR count). The summed E-state index contributed by atoms with van der Waals surface area (Å²) in [4.78, 5) is 6.14. The normalized spacial score (nSPS) is 15.5. The van der Waals surface area contributed by atoms with Gasteiger partial charge >= 0.3 is 6.18 Å². The third-order valence-corrected chi connectivity index (χ3v) is 4.39. The van der Waals surface area contributed by atoms with Gasteiger partial charge in [0.2, 0.25) is 0 Å². The number of hydrogen-bond donors (Lipinski definition) is 0. The maximum Gasteiger partial charge on any atom is 0.434 e. The average Bonchev–Trinajstić information content (AvgIpc) is 3.25. The van der Waals surface area contributed by atoms with E-state index in [1.54, 1.807) is 4.57 Å². The van der Waals surface area contributed by atoms with E-state index in [0.717, 1.165) is 18.3 Å². The van der Waals surface area contributed by atoms with Crippen LogP contribution in [0.15, 0.2) is 30.5 Å². The summed E-state index contributed by atoms with van der Waals surface area (Å²) < 4.78 is 40.5. The molecular formula is C18H22F3N3. The van der Waals surface area contributed by atoms with Crippen LogP contribution in [0.2, 0.25) is 0 Å². The summed E-state index contributed by atoms with van der Waals surface area (Å²) in [5.41, 5.74) is 1.02. The van der Waals surface area contributed by atoms with Crippen molar-refractivity contribution in [2.24, 2.45) is 0 Å². The zero-order valence-electron chi connectivity index (χ0n) is 14.1. The minimum absolute atomic E-state index is 0.0933. The summed E-state index contributed by atoms with van der Waals surface area (Å²) >= 11 is 0. The lowest BCUT2D eigenvalue weighted by atomic mass is 10.1. The molecule has 1 saturated carbocycles. The Kier molecular flexibility index (Phi) is 4.42. The van der Waals surface area contributed by atoms with E-state index in [9.17, 15) is 13.2 Å². The number of benzene rings is 1. The Balaban J connectivity index is 1.86. The van der Waals surface area contributed by atoms with E-state index in [4.69, 9.17) is 0 Å². The minimum atomic E-state index is -4.43. The molecule has 0 radical (unpaired) electrons. The van der Waals surface area contributed by atoms with Gasteiger partial charge in [0.1, 0.15) is 5.82 Å². The Morgan fingerprint density at radius 3 is 2.33 bits per heavy atom. The topological polar surface area (TPSA) is 21.1 Å². The summed E-state index contributed by atoms with van der Waals surface area (Å²) in [6.45, 7) is 4.56. The van der Waals surface area contributed by atoms with Gasteiger partial charge in [0.15, 0.2) is 5.69 Å². The molecule has 1 fully saturated rings. The molecule has 1 aromatic carbocycles. The summed E-state index contributed by atoms with van der Waals surface area (Å²) in [6, 6.07) is 8.25. The number of aromatic nitrogens is 2. The fraction of sp³-hybridized carbons (Fsp3) is 0.500. The Hall–Kier alpha value is -1.82. The van der Waals surface area contributed by atoms with Crippen LogP contribution in [0, 0.1) is 0 Å². The molecule has 1 aliphatic rings. The van der Waals surface area contributed by atoms with E-state index in [1.165, 1.54) is 12.8 Å². The maximum atomic E-state index is 13.0. The number of hydrogen-bond acceptors (Lipinski definition) is 2. The Labute approximate surface area is 140 Å². The Morgan fingerprint density at radius 1 is 1.21 bits per heavy atom. The minimum Gasteiger partial charge on any atom is -0.328 e. The SMILES string of the molecule is CC(C)n1cc(C(F)(F)F)nc1-c1ccc(CN(C)C2CC2)cc1. The maximum absolute atomic E-state index is 13.0. The highest BCUT2D eigenvalue weighted by Crippen LogP contribution is 2.33. The number of alkyl halides is 3. The second-order valence-electron chi connectivity index (χ2n) is 6.79. The Bertz CT molecular complexity index is 697. The zero-order valence-corrected chi connectivity index (χ0v) is 14.1. The van der Waals surface area contributed by atoms with Crippen LogP contribution in [0.4, 0.5) is 13.2 Å². The van der Waals surface area contributed by atoms with Gasteiger partial charge in [0.25, 0.3) is 0 Å². The highest BCUT2D eigenvalue weighted by atomic mass is 19.4. The van der Waals surface area contributed by atoms with Crippen LogP contribution in [0.1, 0.15) is 44.0 Å². The molecule has 0 aliphatic heterocycles. The highest BCUT2D eigenvalue weighted by molar-refractivity contribution is 5.57. The van der Waals surface area contributed by atoms with Crippen molar-refractivity contribution >= 4 is 0 Å². The van der Waals surface area contributed by atoms with Crippen molar-refractivity contribution in [2.45, 2.75) is 51.5 Å². The molecule has 1 aliphatic carbocycles. The van der Waals surface area contributed by atoms with E-state index in [0.29, 0.717) is 17.4 Å². The predicted molar refractivity (Wildman–Crippen MR) is 87.5 cm³/mol. The van der Waals surface area contributed by atoms with Gasteiger partial charge in [-0.15, -0.1) is 0 Å². The molecule has 2 aromatic rings. The monoisotopic (exact) mass is 337 g/mol. The smallest absolute Gasteiger partial charge is 0.328 e. The predicted octanol–water partition coefficient (Wildman–Crippen LogP) is 4.74. The van der Waals surface area contributed by atoms with Gasteiger partial charge in [-0.25, -0.2) is 4.98 Å². The van der Waals surface area contributed by atoms with Crippen molar-refractivity contribution in [3.05, 3.63) is 41.7 Å². The lowest BCUT2D eigenvalue weighted by molar-refractivity contribution is -0.140. The lowest BCUT2D eigenvalue weighted by Crippen LogP contribution is -2.19. The summed E-state index contributed by atoms with van der Waals surface area (Å²) in [5.74, 6) is 0.361. The van der Waals surface area contributed by atoms with Gasteiger partial charge in [-0.05, 0) is 39.3 Å². The number of imidazole rings is 1. The lowest BCUT2D eigenvalue weighted by Gasteiger charge is -2.16. The fourth-order valence-corrected chi connectivity index (χ4v) is 2.83. The van der Waals surface area contributed by atoms with Gasteiger partial charge in [0, 0.05) is 30.4 Å². The molecule has 1 aromatic heterocycles. The van der Waals surface area contributed by atoms with Crippen LogP contribution in [-0.2, 0) is 12.7 Å². The molecule has 0 atom stereocenters. The van der Waals surface area contributed by atoms with Crippen LogP contribution >= 0.6 is 0 Å². The highest BCUT2D eigenvalue weighted by Gasteiger charge is 2.35. The summed E-state index contributed by atoms with van der Waals surface area (Å²) in [6.07, 6.45) is -0.835. The van der Waals surface area contributed by atoms with Gasteiger partial charge < -0.3 is 4.57 Å². The quantitative estimate of drug-likeness (QED) is 0.785. The zero-order chi connectivity index (χ0) is 17.5. The second-order valence-corrected chi connectivity index (χ2v) is 6.79. The van der Waals surface area contributed by atoms with Crippen molar-refractivity contribution in [1.29, 1.82) is 0 Å². The van der Waals surface area contributed by atoms with E-state index in [2.05, 4.69) is 16.9 Å². The number of nitrogens with zero attached hydrogens (tertiary/aromatic N) is 3. The van der Waals surface area contributed by atoms with E-state index in [-0.39, 0.29) is 6.04 Å². The van der Waals surface area contributed by atoms with Gasteiger partial charge in [-0.1, -0.05) is 24.3 Å². The molecule has 6 heteroatoms. The average molecular weight is 337 g/mol. The van der Waals surface area contributed by atoms with Crippen molar-refractivity contribution in [1.82, 2.24) is 14.5 Å². The van der Waals surface area contributed by atoms with Gasteiger partial charge in [-0.3, -0.25) is 4.90 Å². The molecule has 0 spiro atoms. The van der Waals surface area contributed by atoms with Crippen molar-refractivity contribution < 1.29 is 13.2 Å². The first-order valence-electron chi connectivity index (χ1n) is 8.21. The van der Waals surface area contributed by atoms with Crippen LogP contribution in [0.5, 0.6) is 0 Å². The van der Waals surface area contributed by atoms with Crippen molar-refractivity contribution in [2.75, 3.05) is 7.05 Å².